The fraction of sp³-hybridized carbons (Fsp3) is 0.424. The Kier molecular flexibility index (Phi) is 7.22. The van der Waals surface area contributed by atoms with Crippen LogP contribution < -0.4 is 5.32 Å². The number of ether oxygens (including phenoxy) is 1. The van der Waals surface area contributed by atoms with Crippen LogP contribution in [0.3, 0.4) is 0 Å². The van der Waals surface area contributed by atoms with Gasteiger partial charge >= 0.3 is 5.97 Å². The molecule has 1 N–H and O–H groups in total. The zero-order valence-electron chi connectivity index (χ0n) is 23.4. The first-order valence-electron chi connectivity index (χ1n) is 14.6. The molecular weight excluding hydrogens is 502 g/mol. The Morgan fingerprint density at radius 3 is 2.42 bits per heavy atom. The Hall–Kier alpha value is -3.87. The lowest BCUT2D eigenvalue weighted by atomic mass is 9.81. The van der Waals surface area contributed by atoms with Gasteiger partial charge in [0.25, 0.3) is 5.91 Å². The second kappa shape index (κ2) is 11.0. The second-order valence-electron chi connectivity index (χ2n) is 11.4. The molecule has 1 aromatic heterocycles. The van der Waals surface area contributed by atoms with Crippen LogP contribution in [-0.4, -0.2) is 53.5 Å². The Morgan fingerprint density at radius 2 is 1.70 bits per heavy atom. The molecule has 3 heterocycles. The van der Waals surface area contributed by atoms with Gasteiger partial charge in [-0.05, 0) is 60.9 Å². The largest absolute Gasteiger partial charge is 0.465 e. The average Bonchev–Trinajstić information content (AvgIpc) is 3.19. The van der Waals surface area contributed by atoms with Crippen molar-refractivity contribution in [3.8, 4) is 11.3 Å². The smallest absolute Gasteiger partial charge is 0.337 e. The number of aromatic nitrogens is 1. The SMILES string of the molecule is COC(=O)c1ccc2c(C3CCCCC3)c3n(c2c1)CC(C(=O)N1CCC(NC(C)=O)CC1)=Cc1ccccc1-3. The minimum absolute atomic E-state index is 0.0278. The molecule has 0 radical (unpaired) electrons. The number of carbonyl (C=O) groups is 3. The third kappa shape index (κ3) is 4.82. The minimum atomic E-state index is -0.362. The van der Waals surface area contributed by atoms with Crippen LogP contribution in [0, 0.1) is 0 Å². The minimum Gasteiger partial charge on any atom is -0.465 e. The van der Waals surface area contributed by atoms with Crippen LogP contribution in [0.15, 0.2) is 48.0 Å². The monoisotopic (exact) mass is 539 g/mol. The van der Waals surface area contributed by atoms with Gasteiger partial charge in [0.1, 0.15) is 0 Å². The van der Waals surface area contributed by atoms with Gasteiger partial charge in [-0.25, -0.2) is 4.79 Å². The summed E-state index contributed by atoms with van der Waals surface area (Å²) >= 11 is 0. The predicted octanol–water partition coefficient (Wildman–Crippen LogP) is 5.67. The number of amides is 2. The van der Waals surface area contributed by atoms with Gasteiger partial charge in [0.15, 0.2) is 0 Å². The molecule has 7 nitrogen and oxygen atoms in total. The van der Waals surface area contributed by atoms with E-state index in [1.165, 1.54) is 44.6 Å². The summed E-state index contributed by atoms with van der Waals surface area (Å²) in [5.74, 6) is 0.0863. The molecule has 1 aliphatic carbocycles. The summed E-state index contributed by atoms with van der Waals surface area (Å²) in [7, 11) is 1.41. The van der Waals surface area contributed by atoms with Gasteiger partial charge in [-0.15, -0.1) is 0 Å². The van der Waals surface area contributed by atoms with Crippen molar-refractivity contribution in [1.82, 2.24) is 14.8 Å². The van der Waals surface area contributed by atoms with Gasteiger partial charge in [-0.1, -0.05) is 49.6 Å². The molecule has 1 saturated heterocycles. The first kappa shape index (κ1) is 26.4. The Morgan fingerprint density at radius 1 is 0.950 bits per heavy atom. The number of carbonyl (C=O) groups excluding carboxylic acids is 3. The van der Waals surface area contributed by atoms with E-state index in [0.29, 0.717) is 31.1 Å². The molecule has 0 bridgehead atoms. The standard InChI is InChI=1S/C33H37N3O4/c1-21(37)34-26-14-16-35(17-15-26)32(38)25-18-23-10-6-7-11-27(23)31-30(22-8-4-3-5-9-22)28-13-12-24(33(39)40-2)19-29(28)36(31)20-25/h6-7,10-13,18-19,22,26H,3-5,8-9,14-17,20H2,1-2H3,(H,34,37). The molecule has 208 valence electrons. The number of nitrogens with one attached hydrogen (secondary N) is 1. The van der Waals surface area contributed by atoms with Gasteiger partial charge in [0.05, 0.1) is 24.9 Å². The summed E-state index contributed by atoms with van der Waals surface area (Å²) in [5.41, 5.74) is 6.91. The third-order valence-corrected chi connectivity index (χ3v) is 8.88. The summed E-state index contributed by atoms with van der Waals surface area (Å²) < 4.78 is 7.33. The van der Waals surface area contributed by atoms with Crippen LogP contribution in [0.5, 0.6) is 0 Å². The van der Waals surface area contributed by atoms with Crippen molar-refractivity contribution >= 4 is 34.8 Å². The van der Waals surface area contributed by atoms with Crippen molar-refractivity contribution in [3.63, 3.8) is 0 Å². The average molecular weight is 540 g/mol. The van der Waals surface area contributed by atoms with Crippen LogP contribution >= 0.6 is 0 Å². The number of rotatable bonds is 4. The molecule has 0 unspecified atom stereocenters. The maximum atomic E-state index is 14.0. The van der Waals surface area contributed by atoms with Gasteiger partial charge in [0, 0.05) is 48.1 Å². The van der Waals surface area contributed by atoms with Crippen LogP contribution in [0.1, 0.15) is 79.3 Å². The number of nitrogens with zero attached hydrogens (tertiary/aromatic N) is 2. The summed E-state index contributed by atoms with van der Waals surface area (Å²) in [5, 5.41) is 4.16. The highest BCUT2D eigenvalue weighted by Crippen LogP contribution is 2.46. The third-order valence-electron chi connectivity index (χ3n) is 8.88. The maximum Gasteiger partial charge on any atom is 0.337 e. The second-order valence-corrected chi connectivity index (χ2v) is 11.4. The Bertz CT molecular complexity index is 1500. The molecule has 2 amide bonds. The van der Waals surface area contributed by atoms with Crippen molar-refractivity contribution in [2.45, 2.75) is 70.4 Å². The van der Waals surface area contributed by atoms with E-state index in [4.69, 9.17) is 4.74 Å². The first-order valence-corrected chi connectivity index (χ1v) is 14.6. The van der Waals surface area contributed by atoms with E-state index in [0.717, 1.165) is 53.3 Å². The molecule has 40 heavy (non-hydrogen) atoms. The highest BCUT2D eigenvalue weighted by atomic mass is 16.5. The van der Waals surface area contributed by atoms with Gasteiger partial charge in [0.2, 0.25) is 5.91 Å². The van der Waals surface area contributed by atoms with E-state index in [2.05, 4.69) is 40.2 Å². The lowest BCUT2D eigenvalue weighted by molar-refractivity contribution is -0.128. The van der Waals surface area contributed by atoms with Crippen molar-refractivity contribution < 1.29 is 19.1 Å². The van der Waals surface area contributed by atoms with E-state index in [1.807, 2.05) is 23.1 Å². The molecular formula is C33H37N3O4. The summed E-state index contributed by atoms with van der Waals surface area (Å²) in [6.07, 6.45) is 9.56. The summed E-state index contributed by atoms with van der Waals surface area (Å²) in [6.45, 7) is 3.20. The number of likely N-dealkylation sites (tertiary alicyclic amines) is 1. The Labute approximate surface area is 235 Å². The predicted molar refractivity (Wildman–Crippen MR) is 156 cm³/mol. The van der Waals surface area contributed by atoms with Crippen LogP contribution in [-0.2, 0) is 20.9 Å². The number of fused-ring (bicyclic) bond motifs is 5. The number of esters is 1. The van der Waals surface area contributed by atoms with Crippen LogP contribution in [0.4, 0.5) is 0 Å². The van der Waals surface area contributed by atoms with Crippen LogP contribution in [0.25, 0.3) is 28.2 Å². The molecule has 3 aliphatic rings. The molecule has 1 saturated carbocycles. The number of benzene rings is 2. The normalized spacial score (nSPS) is 17.9. The molecule has 0 spiro atoms. The number of methoxy groups -OCH3 is 1. The van der Waals surface area contributed by atoms with E-state index in [9.17, 15) is 14.4 Å². The van der Waals surface area contributed by atoms with Gasteiger partial charge in [-0.3, -0.25) is 9.59 Å². The van der Waals surface area contributed by atoms with Crippen molar-refractivity contribution in [2.24, 2.45) is 0 Å². The summed E-state index contributed by atoms with van der Waals surface area (Å²) in [6, 6.07) is 14.4. The van der Waals surface area contributed by atoms with E-state index in [1.54, 1.807) is 0 Å². The molecule has 2 aliphatic heterocycles. The highest BCUT2D eigenvalue weighted by Gasteiger charge is 2.32. The topological polar surface area (TPSA) is 80.6 Å². The number of hydrogen-bond acceptors (Lipinski definition) is 4. The number of piperidine rings is 1. The van der Waals surface area contributed by atoms with E-state index in [-0.39, 0.29) is 23.8 Å². The van der Waals surface area contributed by atoms with E-state index >= 15 is 0 Å². The quantitative estimate of drug-likeness (QED) is 0.434. The maximum absolute atomic E-state index is 14.0. The molecule has 7 heteroatoms. The van der Waals surface area contributed by atoms with Crippen molar-refractivity contribution in [3.05, 3.63) is 64.7 Å². The van der Waals surface area contributed by atoms with E-state index < -0.39 is 0 Å². The molecule has 2 fully saturated rings. The Balaban J connectivity index is 1.46. The van der Waals surface area contributed by atoms with Gasteiger partial charge < -0.3 is 19.5 Å². The molecule has 0 atom stereocenters. The number of hydrogen-bond donors (Lipinski definition) is 1. The lowest BCUT2D eigenvalue weighted by Gasteiger charge is -2.33. The molecule has 2 aromatic carbocycles. The van der Waals surface area contributed by atoms with Gasteiger partial charge in [-0.2, -0.15) is 0 Å². The highest BCUT2D eigenvalue weighted by molar-refractivity contribution is 6.03. The van der Waals surface area contributed by atoms with Crippen molar-refractivity contribution in [2.75, 3.05) is 20.2 Å². The fourth-order valence-corrected chi connectivity index (χ4v) is 6.97. The van der Waals surface area contributed by atoms with Crippen LogP contribution in [0.2, 0.25) is 0 Å². The lowest BCUT2D eigenvalue weighted by Crippen LogP contribution is -2.46. The fourth-order valence-electron chi connectivity index (χ4n) is 6.97. The zero-order valence-corrected chi connectivity index (χ0v) is 23.4. The zero-order chi connectivity index (χ0) is 27.8. The van der Waals surface area contributed by atoms with Crippen molar-refractivity contribution in [1.29, 1.82) is 0 Å². The first-order chi connectivity index (χ1) is 19.4. The molecule has 6 rings (SSSR count). The molecule has 3 aromatic rings. The summed E-state index contributed by atoms with van der Waals surface area (Å²) in [4.78, 5) is 40.0.